The van der Waals surface area contributed by atoms with Gasteiger partial charge in [0, 0.05) is 23.6 Å². The van der Waals surface area contributed by atoms with Crippen molar-refractivity contribution >= 4 is 15.9 Å². The molecular formula is C11H15BrN2O. The fourth-order valence-corrected chi connectivity index (χ4v) is 2.54. The molecule has 1 aromatic heterocycles. The summed E-state index contributed by atoms with van der Waals surface area (Å²) >= 11 is 3.52. The van der Waals surface area contributed by atoms with Crippen LogP contribution in [0.25, 0.3) is 0 Å². The highest BCUT2D eigenvalue weighted by molar-refractivity contribution is 9.09. The fourth-order valence-electron chi connectivity index (χ4n) is 1.80. The highest BCUT2D eigenvalue weighted by atomic mass is 79.9. The van der Waals surface area contributed by atoms with Crippen LogP contribution in [0.5, 0.6) is 0 Å². The minimum absolute atomic E-state index is 0.0761. The summed E-state index contributed by atoms with van der Waals surface area (Å²) in [4.78, 5) is 16.1. The predicted molar refractivity (Wildman–Crippen MR) is 63.4 cm³/mol. The molecular weight excluding hydrogens is 256 g/mol. The Morgan fingerprint density at radius 1 is 1.53 bits per heavy atom. The number of hydrogen-bond acceptors (Lipinski definition) is 2. The van der Waals surface area contributed by atoms with E-state index < -0.39 is 0 Å². The molecule has 1 aliphatic carbocycles. The number of alkyl halides is 1. The van der Waals surface area contributed by atoms with Crippen LogP contribution in [-0.2, 0) is 6.54 Å². The van der Waals surface area contributed by atoms with Gasteiger partial charge in [0.25, 0.3) is 5.56 Å². The van der Waals surface area contributed by atoms with Gasteiger partial charge in [-0.3, -0.25) is 9.36 Å². The molecule has 0 bridgehead atoms. The molecule has 0 spiro atoms. The van der Waals surface area contributed by atoms with Crippen LogP contribution in [0.4, 0.5) is 0 Å². The second kappa shape index (κ2) is 3.74. The molecule has 0 saturated heterocycles. The van der Waals surface area contributed by atoms with Gasteiger partial charge in [0.15, 0.2) is 0 Å². The van der Waals surface area contributed by atoms with Crippen molar-refractivity contribution in [2.45, 2.75) is 33.2 Å². The van der Waals surface area contributed by atoms with Crippen LogP contribution in [0, 0.1) is 19.3 Å². The average Bonchev–Trinajstić information content (AvgIpc) is 2.92. The van der Waals surface area contributed by atoms with Crippen molar-refractivity contribution in [2.24, 2.45) is 5.41 Å². The summed E-state index contributed by atoms with van der Waals surface area (Å²) in [6, 6.07) is 1.61. The van der Waals surface area contributed by atoms with Crippen molar-refractivity contribution < 1.29 is 0 Å². The Labute approximate surface area is 97.7 Å². The molecule has 82 valence electrons. The van der Waals surface area contributed by atoms with Gasteiger partial charge >= 0.3 is 0 Å². The number of hydrogen-bond donors (Lipinski definition) is 0. The van der Waals surface area contributed by atoms with E-state index in [0.29, 0.717) is 5.41 Å². The molecule has 1 heterocycles. The largest absolute Gasteiger partial charge is 0.296 e. The molecule has 1 aromatic rings. The third-order valence-electron chi connectivity index (χ3n) is 3.06. The monoisotopic (exact) mass is 270 g/mol. The second-order valence-corrected chi connectivity index (χ2v) is 5.06. The van der Waals surface area contributed by atoms with E-state index in [9.17, 15) is 4.79 Å². The van der Waals surface area contributed by atoms with E-state index in [-0.39, 0.29) is 5.56 Å². The van der Waals surface area contributed by atoms with E-state index in [2.05, 4.69) is 20.9 Å². The van der Waals surface area contributed by atoms with Crippen LogP contribution < -0.4 is 5.56 Å². The zero-order valence-corrected chi connectivity index (χ0v) is 10.7. The van der Waals surface area contributed by atoms with E-state index >= 15 is 0 Å². The van der Waals surface area contributed by atoms with Crippen LogP contribution in [-0.4, -0.2) is 14.9 Å². The first kappa shape index (κ1) is 10.9. The van der Waals surface area contributed by atoms with Gasteiger partial charge in [-0.25, -0.2) is 4.98 Å². The van der Waals surface area contributed by atoms with Gasteiger partial charge < -0.3 is 0 Å². The molecule has 0 radical (unpaired) electrons. The van der Waals surface area contributed by atoms with Crippen molar-refractivity contribution in [1.29, 1.82) is 0 Å². The van der Waals surface area contributed by atoms with Crippen LogP contribution >= 0.6 is 15.9 Å². The van der Waals surface area contributed by atoms with Crippen molar-refractivity contribution in [3.8, 4) is 0 Å². The van der Waals surface area contributed by atoms with E-state index in [0.717, 1.165) is 23.4 Å². The Balaban J connectivity index is 2.33. The molecule has 15 heavy (non-hydrogen) atoms. The molecule has 1 aliphatic rings. The van der Waals surface area contributed by atoms with Gasteiger partial charge in [-0.05, 0) is 32.1 Å². The molecule has 2 rings (SSSR count). The second-order valence-electron chi connectivity index (χ2n) is 4.50. The maximum Gasteiger partial charge on any atom is 0.253 e. The van der Waals surface area contributed by atoms with Crippen molar-refractivity contribution in [1.82, 2.24) is 9.55 Å². The summed E-state index contributed by atoms with van der Waals surface area (Å²) in [5, 5.41) is 0.972. The number of nitrogens with zero attached hydrogens (tertiary/aromatic N) is 2. The summed E-state index contributed by atoms with van der Waals surface area (Å²) in [5.74, 6) is 0.826. The lowest BCUT2D eigenvalue weighted by Crippen LogP contribution is -2.28. The third kappa shape index (κ3) is 2.14. The molecule has 0 amide bonds. The Hall–Kier alpha value is -0.640. The lowest BCUT2D eigenvalue weighted by molar-refractivity contribution is 0.451. The molecule has 3 nitrogen and oxygen atoms in total. The minimum Gasteiger partial charge on any atom is -0.296 e. The molecule has 0 unspecified atom stereocenters. The highest BCUT2D eigenvalue weighted by Gasteiger charge is 2.42. The molecule has 0 N–H and O–H groups in total. The number of rotatable bonds is 3. The van der Waals surface area contributed by atoms with E-state index in [1.807, 2.05) is 13.8 Å². The van der Waals surface area contributed by atoms with Crippen LogP contribution in [0.15, 0.2) is 10.9 Å². The lowest BCUT2D eigenvalue weighted by atomic mass is 10.1. The smallest absolute Gasteiger partial charge is 0.253 e. The van der Waals surface area contributed by atoms with Crippen molar-refractivity contribution in [3.63, 3.8) is 0 Å². The number of halogens is 1. The number of aryl methyl sites for hydroxylation is 2. The average molecular weight is 271 g/mol. The maximum absolute atomic E-state index is 11.8. The fraction of sp³-hybridized carbons (Fsp3) is 0.636. The van der Waals surface area contributed by atoms with Gasteiger partial charge in [0.1, 0.15) is 5.82 Å². The first-order chi connectivity index (χ1) is 7.06. The normalized spacial score (nSPS) is 17.8. The number of aromatic nitrogens is 2. The quantitative estimate of drug-likeness (QED) is 0.788. The minimum atomic E-state index is 0.0761. The van der Waals surface area contributed by atoms with E-state index in [1.54, 1.807) is 10.6 Å². The highest BCUT2D eigenvalue weighted by Crippen LogP contribution is 2.48. The molecule has 1 fully saturated rings. The Morgan fingerprint density at radius 3 is 2.67 bits per heavy atom. The van der Waals surface area contributed by atoms with Crippen molar-refractivity contribution in [3.05, 3.63) is 27.9 Å². The first-order valence-corrected chi connectivity index (χ1v) is 6.30. The van der Waals surface area contributed by atoms with E-state index in [1.165, 1.54) is 12.8 Å². The van der Waals surface area contributed by atoms with E-state index in [4.69, 9.17) is 0 Å². The zero-order chi connectivity index (χ0) is 11.1. The third-order valence-corrected chi connectivity index (χ3v) is 4.25. The van der Waals surface area contributed by atoms with Gasteiger partial charge in [-0.1, -0.05) is 15.9 Å². The zero-order valence-electron chi connectivity index (χ0n) is 9.09. The summed E-state index contributed by atoms with van der Waals surface area (Å²) in [6.07, 6.45) is 2.41. The topological polar surface area (TPSA) is 34.9 Å². The van der Waals surface area contributed by atoms with Gasteiger partial charge in [0.2, 0.25) is 0 Å². The SMILES string of the molecule is Cc1cc(=O)n(CC2(CBr)CC2)c(C)n1. The molecule has 1 saturated carbocycles. The molecule has 0 aromatic carbocycles. The summed E-state index contributed by atoms with van der Waals surface area (Å²) < 4.78 is 1.79. The van der Waals surface area contributed by atoms with Gasteiger partial charge in [-0.2, -0.15) is 0 Å². The first-order valence-electron chi connectivity index (χ1n) is 5.17. The van der Waals surface area contributed by atoms with Crippen LogP contribution in [0.1, 0.15) is 24.4 Å². The summed E-state index contributed by atoms with van der Waals surface area (Å²) in [7, 11) is 0. The van der Waals surface area contributed by atoms with Gasteiger partial charge in [0.05, 0.1) is 0 Å². The maximum atomic E-state index is 11.8. The van der Waals surface area contributed by atoms with Crippen LogP contribution in [0.3, 0.4) is 0 Å². The van der Waals surface area contributed by atoms with Crippen LogP contribution in [0.2, 0.25) is 0 Å². The molecule has 0 aliphatic heterocycles. The summed E-state index contributed by atoms with van der Waals surface area (Å²) in [5.41, 5.74) is 1.19. The van der Waals surface area contributed by atoms with Crippen molar-refractivity contribution in [2.75, 3.05) is 5.33 Å². The standard InChI is InChI=1S/C11H15BrN2O/c1-8-5-10(15)14(9(2)13-8)7-11(6-12)3-4-11/h5H,3-4,6-7H2,1-2H3. The Kier molecular flexibility index (Phi) is 2.71. The lowest BCUT2D eigenvalue weighted by Gasteiger charge is -2.15. The predicted octanol–water partition coefficient (Wildman–Crippen LogP) is 2.04. The summed E-state index contributed by atoms with van der Waals surface area (Å²) in [6.45, 7) is 4.56. The van der Waals surface area contributed by atoms with Gasteiger partial charge in [-0.15, -0.1) is 0 Å². The Bertz CT molecular complexity index is 435. The molecule has 4 heteroatoms. The Morgan fingerprint density at radius 2 is 2.20 bits per heavy atom. The molecule has 0 atom stereocenters.